The second-order valence-corrected chi connectivity index (χ2v) is 8.54. The lowest BCUT2D eigenvalue weighted by atomic mass is 10.1. The molecule has 0 saturated heterocycles. The first-order valence-corrected chi connectivity index (χ1v) is 11.5. The topological polar surface area (TPSA) is 92.7 Å². The fourth-order valence-corrected chi connectivity index (χ4v) is 4.70. The van der Waals surface area contributed by atoms with E-state index in [0.29, 0.717) is 21.6 Å². The van der Waals surface area contributed by atoms with Crippen molar-refractivity contribution in [2.24, 2.45) is 0 Å². The number of nitrogens with zero attached hydrogens (tertiary/aromatic N) is 3. The van der Waals surface area contributed by atoms with Gasteiger partial charge < -0.3 is 4.98 Å². The van der Waals surface area contributed by atoms with Gasteiger partial charge >= 0.3 is 0 Å². The van der Waals surface area contributed by atoms with E-state index < -0.39 is 5.91 Å². The van der Waals surface area contributed by atoms with Crippen molar-refractivity contribution < 1.29 is 4.79 Å². The summed E-state index contributed by atoms with van der Waals surface area (Å²) in [4.78, 5) is 34.2. The van der Waals surface area contributed by atoms with E-state index in [1.807, 2.05) is 54.0 Å². The molecule has 0 atom stereocenters. The number of anilines is 1. The molecule has 34 heavy (non-hydrogen) atoms. The SMILES string of the molecule is O=C(Nc1nc(-c2c[nH]c3ccccc23)cs1)c1nn(-c2ccccc2)c(=O)c2ccccc12. The molecule has 3 heterocycles. The van der Waals surface area contributed by atoms with Crippen LogP contribution in [0.3, 0.4) is 0 Å². The predicted molar refractivity (Wildman–Crippen MR) is 135 cm³/mol. The monoisotopic (exact) mass is 463 g/mol. The second-order valence-electron chi connectivity index (χ2n) is 7.69. The van der Waals surface area contributed by atoms with Gasteiger partial charge in [-0.2, -0.15) is 9.78 Å². The van der Waals surface area contributed by atoms with Crippen LogP contribution in [0.1, 0.15) is 10.5 Å². The van der Waals surface area contributed by atoms with E-state index in [4.69, 9.17) is 0 Å². The lowest BCUT2D eigenvalue weighted by molar-refractivity contribution is 0.102. The number of aromatic nitrogens is 4. The predicted octanol–water partition coefficient (Wildman–Crippen LogP) is 5.24. The summed E-state index contributed by atoms with van der Waals surface area (Å²) >= 11 is 1.34. The first kappa shape index (κ1) is 20.1. The number of benzene rings is 3. The Kier molecular flexibility index (Phi) is 4.78. The number of carbonyl (C=O) groups is 1. The number of H-pyrrole nitrogens is 1. The number of thiazole rings is 1. The number of amides is 1. The molecule has 3 aromatic heterocycles. The van der Waals surface area contributed by atoms with Crippen molar-refractivity contribution in [3.8, 4) is 16.9 Å². The average Bonchev–Trinajstić information content (AvgIpc) is 3.52. The summed E-state index contributed by atoms with van der Waals surface area (Å²) < 4.78 is 1.26. The molecule has 0 saturated carbocycles. The summed E-state index contributed by atoms with van der Waals surface area (Å²) in [5, 5.41) is 11.6. The maximum absolute atomic E-state index is 13.3. The van der Waals surface area contributed by atoms with Crippen molar-refractivity contribution in [1.29, 1.82) is 0 Å². The van der Waals surface area contributed by atoms with Gasteiger partial charge in [-0.1, -0.05) is 54.6 Å². The molecule has 0 bridgehead atoms. The van der Waals surface area contributed by atoms with Crippen LogP contribution in [0.2, 0.25) is 0 Å². The minimum atomic E-state index is -0.430. The third-order valence-corrected chi connectivity index (χ3v) is 6.37. The van der Waals surface area contributed by atoms with Crippen LogP contribution in [0.25, 0.3) is 38.6 Å². The normalized spacial score (nSPS) is 11.2. The molecule has 2 N–H and O–H groups in total. The van der Waals surface area contributed by atoms with Gasteiger partial charge in [-0.3, -0.25) is 14.9 Å². The molecular weight excluding hydrogens is 446 g/mol. The number of carbonyl (C=O) groups excluding carboxylic acids is 1. The largest absolute Gasteiger partial charge is 0.360 e. The Labute approximate surface area is 197 Å². The van der Waals surface area contributed by atoms with Crippen LogP contribution in [-0.2, 0) is 0 Å². The highest BCUT2D eigenvalue weighted by Crippen LogP contribution is 2.31. The third-order valence-electron chi connectivity index (χ3n) is 5.61. The van der Waals surface area contributed by atoms with Gasteiger partial charge in [-0.05, 0) is 24.3 Å². The molecule has 6 aromatic rings. The van der Waals surface area contributed by atoms with Gasteiger partial charge in [0.05, 0.1) is 16.8 Å². The van der Waals surface area contributed by atoms with E-state index in [1.165, 1.54) is 16.0 Å². The molecular formula is C26H17N5O2S. The Bertz CT molecular complexity index is 1730. The van der Waals surface area contributed by atoms with E-state index in [-0.39, 0.29) is 11.3 Å². The van der Waals surface area contributed by atoms with Crippen LogP contribution >= 0.6 is 11.3 Å². The summed E-state index contributed by atoms with van der Waals surface area (Å²) in [6.45, 7) is 0. The van der Waals surface area contributed by atoms with Gasteiger partial charge in [-0.25, -0.2) is 4.98 Å². The van der Waals surface area contributed by atoms with E-state index in [9.17, 15) is 9.59 Å². The third kappa shape index (κ3) is 3.37. The maximum atomic E-state index is 13.3. The summed E-state index contributed by atoms with van der Waals surface area (Å²) in [7, 11) is 0. The molecule has 8 heteroatoms. The van der Waals surface area contributed by atoms with Crippen molar-refractivity contribution in [3.05, 3.63) is 106 Å². The zero-order valence-electron chi connectivity index (χ0n) is 17.7. The molecule has 0 unspecified atom stereocenters. The Hall–Kier alpha value is -4.56. The molecule has 0 radical (unpaired) electrons. The molecule has 0 spiro atoms. The number of aromatic amines is 1. The summed E-state index contributed by atoms with van der Waals surface area (Å²) in [5.74, 6) is -0.430. The minimum Gasteiger partial charge on any atom is -0.360 e. The first-order valence-electron chi connectivity index (χ1n) is 10.6. The Balaban J connectivity index is 1.39. The fraction of sp³-hybridized carbons (Fsp3) is 0. The standard InChI is InChI=1S/C26H17N5O2S/c32-24(29-26-28-22(15-34-26)20-14-27-21-13-7-6-10-17(20)21)23-18-11-4-5-12-19(18)25(33)31(30-23)16-8-2-1-3-9-16/h1-15,27H,(H,28,29,32). The van der Waals surface area contributed by atoms with Gasteiger partial charge in [0, 0.05) is 33.4 Å². The van der Waals surface area contributed by atoms with E-state index in [1.54, 1.807) is 36.4 Å². The number of nitrogens with one attached hydrogen (secondary N) is 2. The van der Waals surface area contributed by atoms with Crippen LogP contribution < -0.4 is 10.9 Å². The molecule has 0 aliphatic carbocycles. The molecule has 6 rings (SSSR count). The molecule has 0 fully saturated rings. The summed E-state index contributed by atoms with van der Waals surface area (Å²) in [5.41, 5.74) is 3.22. The molecule has 3 aromatic carbocycles. The number of hydrogen-bond acceptors (Lipinski definition) is 5. The minimum absolute atomic E-state index is 0.155. The number of para-hydroxylation sites is 2. The van der Waals surface area contributed by atoms with Gasteiger partial charge in [-0.15, -0.1) is 11.3 Å². The Morgan fingerprint density at radius 3 is 2.41 bits per heavy atom. The van der Waals surface area contributed by atoms with Crippen LogP contribution in [-0.4, -0.2) is 25.7 Å². The van der Waals surface area contributed by atoms with Crippen LogP contribution in [0, 0.1) is 0 Å². The molecule has 7 nitrogen and oxygen atoms in total. The zero-order valence-corrected chi connectivity index (χ0v) is 18.5. The molecule has 164 valence electrons. The van der Waals surface area contributed by atoms with Gasteiger partial charge in [0.2, 0.25) is 0 Å². The summed E-state index contributed by atoms with van der Waals surface area (Å²) in [6, 6.07) is 24.0. The smallest absolute Gasteiger partial charge is 0.279 e. The lowest BCUT2D eigenvalue weighted by Gasteiger charge is -2.10. The van der Waals surface area contributed by atoms with Gasteiger partial charge in [0.15, 0.2) is 10.8 Å². The Morgan fingerprint density at radius 1 is 0.882 bits per heavy atom. The van der Waals surface area contributed by atoms with Crippen molar-refractivity contribution in [1.82, 2.24) is 19.7 Å². The first-order chi connectivity index (χ1) is 16.7. The quantitative estimate of drug-likeness (QED) is 0.374. The highest BCUT2D eigenvalue weighted by molar-refractivity contribution is 7.14. The van der Waals surface area contributed by atoms with Crippen LogP contribution in [0.4, 0.5) is 5.13 Å². The molecule has 1 amide bonds. The maximum Gasteiger partial charge on any atom is 0.279 e. The number of rotatable bonds is 4. The number of hydrogen-bond donors (Lipinski definition) is 2. The van der Waals surface area contributed by atoms with Gasteiger partial charge in [0.1, 0.15) is 0 Å². The average molecular weight is 464 g/mol. The van der Waals surface area contributed by atoms with Crippen molar-refractivity contribution in [2.45, 2.75) is 0 Å². The van der Waals surface area contributed by atoms with E-state index >= 15 is 0 Å². The van der Waals surface area contributed by atoms with Crippen LogP contribution in [0.15, 0.2) is 95.2 Å². The van der Waals surface area contributed by atoms with Crippen molar-refractivity contribution >= 4 is 44.1 Å². The zero-order chi connectivity index (χ0) is 23.1. The van der Waals surface area contributed by atoms with Crippen molar-refractivity contribution in [2.75, 3.05) is 5.32 Å². The number of fused-ring (bicyclic) bond motifs is 2. The van der Waals surface area contributed by atoms with Crippen LogP contribution in [0.5, 0.6) is 0 Å². The second kappa shape index (κ2) is 8.09. The summed E-state index contributed by atoms with van der Waals surface area (Å²) in [6.07, 6.45) is 1.91. The lowest BCUT2D eigenvalue weighted by Crippen LogP contribution is -2.26. The molecule has 0 aliphatic heterocycles. The fourth-order valence-electron chi connectivity index (χ4n) is 4.00. The highest BCUT2D eigenvalue weighted by atomic mass is 32.1. The molecule has 0 aliphatic rings. The highest BCUT2D eigenvalue weighted by Gasteiger charge is 2.19. The van der Waals surface area contributed by atoms with E-state index in [2.05, 4.69) is 20.4 Å². The Morgan fingerprint density at radius 2 is 1.59 bits per heavy atom. The van der Waals surface area contributed by atoms with Gasteiger partial charge in [0.25, 0.3) is 11.5 Å². The van der Waals surface area contributed by atoms with E-state index in [0.717, 1.165) is 22.2 Å². The van der Waals surface area contributed by atoms with Crippen molar-refractivity contribution in [3.63, 3.8) is 0 Å².